The van der Waals surface area contributed by atoms with E-state index in [0.717, 1.165) is 43.6 Å². The first kappa shape index (κ1) is 20.2. The standard InChI is InChI=1S/C27H19BrN2O2/c1-32-26-12-9-18(15-23(26)28)14-21-17-25(19-6-3-2-4-7-19)30(27(21)31)22-10-11-24-20(16-22)8-5-13-29-24/h2-17H,1H3/b21-14+. The summed E-state index contributed by atoms with van der Waals surface area (Å²) in [5.74, 6) is 0.677. The van der Waals surface area contributed by atoms with Gasteiger partial charge in [-0.1, -0.05) is 42.5 Å². The molecule has 0 fully saturated rings. The molecule has 0 bridgehead atoms. The lowest BCUT2D eigenvalue weighted by molar-refractivity contribution is -0.113. The summed E-state index contributed by atoms with van der Waals surface area (Å²) in [5.41, 5.74) is 5.06. The van der Waals surface area contributed by atoms with Crippen LogP contribution in [-0.2, 0) is 4.79 Å². The molecule has 32 heavy (non-hydrogen) atoms. The minimum absolute atomic E-state index is 0.0703. The summed E-state index contributed by atoms with van der Waals surface area (Å²) in [6.07, 6.45) is 5.62. The monoisotopic (exact) mass is 482 g/mol. The van der Waals surface area contributed by atoms with Gasteiger partial charge < -0.3 is 4.74 Å². The first-order chi connectivity index (χ1) is 15.6. The van der Waals surface area contributed by atoms with Crippen LogP contribution >= 0.6 is 15.9 Å². The van der Waals surface area contributed by atoms with Crippen molar-refractivity contribution in [3.8, 4) is 5.75 Å². The number of carbonyl (C=O) groups excluding carboxylic acids is 1. The third kappa shape index (κ3) is 3.72. The van der Waals surface area contributed by atoms with Crippen molar-refractivity contribution in [3.05, 3.63) is 112 Å². The molecule has 0 saturated heterocycles. The van der Waals surface area contributed by atoms with Crippen LogP contribution in [0, 0.1) is 0 Å². The van der Waals surface area contributed by atoms with E-state index in [2.05, 4.69) is 20.9 Å². The number of hydrogen-bond donors (Lipinski definition) is 0. The smallest absolute Gasteiger partial charge is 0.262 e. The fraction of sp³-hybridized carbons (Fsp3) is 0.0370. The highest BCUT2D eigenvalue weighted by molar-refractivity contribution is 9.10. The predicted octanol–water partition coefficient (Wildman–Crippen LogP) is 6.48. The highest BCUT2D eigenvalue weighted by Crippen LogP contribution is 2.36. The largest absolute Gasteiger partial charge is 0.496 e. The Kier molecular flexibility index (Phi) is 5.33. The van der Waals surface area contributed by atoms with Crippen LogP contribution in [-0.4, -0.2) is 18.0 Å². The average molecular weight is 483 g/mol. The molecular weight excluding hydrogens is 464 g/mol. The molecule has 0 unspecified atom stereocenters. The Morgan fingerprint density at radius 1 is 0.969 bits per heavy atom. The molecule has 0 saturated carbocycles. The number of benzene rings is 3. The number of methoxy groups -OCH3 is 1. The summed E-state index contributed by atoms with van der Waals surface area (Å²) in [5, 5.41) is 0.988. The van der Waals surface area contributed by atoms with Gasteiger partial charge in [0.1, 0.15) is 5.75 Å². The zero-order valence-corrected chi connectivity index (χ0v) is 18.9. The van der Waals surface area contributed by atoms with E-state index in [1.54, 1.807) is 18.2 Å². The molecule has 3 aromatic carbocycles. The van der Waals surface area contributed by atoms with Gasteiger partial charge in [-0.2, -0.15) is 0 Å². The van der Waals surface area contributed by atoms with Crippen molar-refractivity contribution in [2.24, 2.45) is 0 Å². The number of rotatable bonds is 4. The lowest BCUT2D eigenvalue weighted by atomic mass is 10.1. The maximum atomic E-state index is 13.6. The van der Waals surface area contributed by atoms with Crippen molar-refractivity contribution in [2.45, 2.75) is 0 Å². The number of carbonyl (C=O) groups is 1. The van der Waals surface area contributed by atoms with Gasteiger partial charge in [0, 0.05) is 22.8 Å². The molecule has 1 amide bonds. The predicted molar refractivity (Wildman–Crippen MR) is 132 cm³/mol. The third-order valence-electron chi connectivity index (χ3n) is 5.40. The van der Waals surface area contributed by atoms with Crippen molar-refractivity contribution >= 4 is 50.2 Å². The molecule has 0 atom stereocenters. The molecule has 2 heterocycles. The molecule has 1 aromatic heterocycles. The van der Waals surface area contributed by atoms with Gasteiger partial charge in [0.15, 0.2) is 0 Å². The summed E-state index contributed by atoms with van der Waals surface area (Å²) in [4.78, 5) is 19.8. The molecule has 0 aliphatic carbocycles. The van der Waals surface area contributed by atoms with Gasteiger partial charge in [0.05, 0.1) is 22.8 Å². The second-order valence-electron chi connectivity index (χ2n) is 7.41. The van der Waals surface area contributed by atoms with Crippen LogP contribution in [0.5, 0.6) is 5.75 Å². The van der Waals surface area contributed by atoms with Crippen molar-refractivity contribution in [3.63, 3.8) is 0 Å². The Bertz CT molecular complexity index is 1390. The summed E-state index contributed by atoms with van der Waals surface area (Å²) >= 11 is 3.52. The number of amides is 1. The maximum Gasteiger partial charge on any atom is 0.262 e. The van der Waals surface area contributed by atoms with Crippen LogP contribution in [0.3, 0.4) is 0 Å². The van der Waals surface area contributed by atoms with Crippen LogP contribution in [0.4, 0.5) is 5.69 Å². The van der Waals surface area contributed by atoms with Gasteiger partial charge >= 0.3 is 0 Å². The average Bonchev–Trinajstić information content (AvgIpc) is 3.15. The van der Waals surface area contributed by atoms with E-state index in [1.807, 2.05) is 91.0 Å². The molecule has 156 valence electrons. The van der Waals surface area contributed by atoms with Crippen LogP contribution in [0.1, 0.15) is 11.1 Å². The van der Waals surface area contributed by atoms with Crippen LogP contribution < -0.4 is 9.64 Å². The number of anilines is 1. The summed E-state index contributed by atoms with van der Waals surface area (Å²) in [7, 11) is 1.63. The minimum atomic E-state index is -0.0703. The van der Waals surface area contributed by atoms with Crippen molar-refractivity contribution < 1.29 is 9.53 Å². The molecule has 1 aliphatic heterocycles. The number of halogens is 1. The number of ether oxygens (including phenoxy) is 1. The van der Waals surface area contributed by atoms with Crippen molar-refractivity contribution in [1.29, 1.82) is 0 Å². The van der Waals surface area contributed by atoms with Crippen LogP contribution in [0.2, 0.25) is 0 Å². The molecule has 5 rings (SSSR count). The van der Waals surface area contributed by atoms with Gasteiger partial charge in [-0.25, -0.2) is 0 Å². The highest BCUT2D eigenvalue weighted by Gasteiger charge is 2.30. The summed E-state index contributed by atoms with van der Waals surface area (Å²) in [6, 6.07) is 25.5. The van der Waals surface area contributed by atoms with E-state index in [1.165, 1.54) is 0 Å². The first-order valence-corrected chi connectivity index (χ1v) is 10.9. The number of nitrogens with zero attached hydrogens (tertiary/aromatic N) is 2. The quantitative estimate of drug-likeness (QED) is 0.312. The zero-order valence-electron chi connectivity index (χ0n) is 17.3. The highest BCUT2D eigenvalue weighted by atomic mass is 79.9. The van der Waals surface area contributed by atoms with Crippen molar-refractivity contribution in [2.75, 3.05) is 12.0 Å². The molecular formula is C27H19BrN2O2. The SMILES string of the molecule is COc1ccc(/C=C2\C=C(c3ccccc3)N(c3ccc4ncccc4c3)C2=O)cc1Br. The second kappa shape index (κ2) is 8.44. The van der Waals surface area contributed by atoms with Gasteiger partial charge in [0.2, 0.25) is 0 Å². The van der Waals surface area contributed by atoms with Gasteiger partial charge in [0.25, 0.3) is 5.91 Å². The fourth-order valence-electron chi connectivity index (χ4n) is 3.85. The van der Waals surface area contributed by atoms with E-state index in [0.29, 0.717) is 5.57 Å². The van der Waals surface area contributed by atoms with Crippen LogP contribution in [0.15, 0.2) is 101 Å². The normalized spacial score (nSPS) is 14.8. The van der Waals surface area contributed by atoms with Gasteiger partial charge in [-0.3, -0.25) is 14.7 Å². The fourth-order valence-corrected chi connectivity index (χ4v) is 4.41. The van der Waals surface area contributed by atoms with E-state index in [-0.39, 0.29) is 5.91 Å². The van der Waals surface area contributed by atoms with E-state index < -0.39 is 0 Å². The summed E-state index contributed by atoms with van der Waals surface area (Å²) in [6.45, 7) is 0. The molecule has 5 heteroatoms. The molecule has 0 N–H and O–H groups in total. The number of hydrogen-bond acceptors (Lipinski definition) is 3. The molecule has 0 spiro atoms. The number of aromatic nitrogens is 1. The summed E-state index contributed by atoms with van der Waals surface area (Å²) < 4.78 is 6.16. The molecule has 0 radical (unpaired) electrons. The van der Waals surface area contributed by atoms with Crippen LogP contribution in [0.25, 0.3) is 22.7 Å². The molecule has 4 nitrogen and oxygen atoms in total. The topological polar surface area (TPSA) is 42.4 Å². The zero-order chi connectivity index (χ0) is 22.1. The number of pyridine rings is 1. The molecule has 4 aromatic rings. The Morgan fingerprint density at radius 2 is 1.81 bits per heavy atom. The Labute approximate surface area is 194 Å². The Balaban J connectivity index is 1.62. The minimum Gasteiger partial charge on any atom is -0.496 e. The maximum absolute atomic E-state index is 13.6. The van der Waals surface area contributed by atoms with E-state index in [9.17, 15) is 4.79 Å². The van der Waals surface area contributed by atoms with Crippen molar-refractivity contribution in [1.82, 2.24) is 4.98 Å². The number of fused-ring (bicyclic) bond motifs is 1. The van der Waals surface area contributed by atoms with Gasteiger partial charge in [-0.15, -0.1) is 0 Å². The lowest BCUT2D eigenvalue weighted by Crippen LogP contribution is -2.24. The Hall–Kier alpha value is -3.70. The first-order valence-electron chi connectivity index (χ1n) is 10.2. The second-order valence-corrected chi connectivity index (χ2v) is 8.26. The lowest BCUT2D eigenvalue weighted by Gasteiger charge is -2.21. The van der Waals surface area contributed by atoms with Gasteiger partial charge in [-0.05, 0) is 75.6 Å². The van der Waals surface area contributed by atoms with E-state index >= 15 is 0 Å². The third-order valence-corrected chi connectivity index (χ3v) is 6.02. The Morgan fingerprint density at radius 3 is 2.59 bits per heavy atom. The van der Waals surface area contributed by atoms with E-state index in [4.69, 9.17) is 4.74 Å². The molecule has 1 aliphatic rings.